The molecule has 1 heterocycles. The first kappa shape index (κ1) is 25.2. The van der Waals surface area contributed by atoms with Crippen molar-refractivity contribution < 1.29 is 0 Å². The fourth-order valence-electron chi connectivity index (χ4n) is 5.34. The Hall–Kier alpha value is -2.89. The Bertz CT molecular complexity index is 1390. The molecule has 0 aliphatic rings. The molecule has 35 heavy (non-hydrogen) atoms. The second-order valence-corrected chi connectivity index (χ2v) is 14.3. The van der Waals surface area contributed by atoms with Gasteiger partial charge in [0, 0.05) is 0 Å². The number of aryl methyl sites for hydroxylation is 1. The molecule has 0 fully saturated rings. The summed E-state index contributed by atoms with van der Waals surface area (Å²) in [7, 11) is 0. The van der Waals surface area contributed by atoms with Crippen LogP contribution in [0.5, 0.6) is 0 Å². The van der Waals surface area contributed by atoms with E-state index in [0.29, 0.717) is 18.0 Å². The van der Waals surface area contributed by atoms with Crippen molar-refractivity contribution in [1.82, 2.24) is 4.57 Å². The zero-order chi connectivity index (χ0) is 23.6. The minimum absolute atomic E-state index is 0. The van der Waals surface area contributed by atoms with Crippen molar-refractivity contribution in [2.45, 2.75) is 6.54 Å². The van der Waals surface area contributed by atoms with E-state index in [9.17, 15) is 5.26 Å². The van der Waals surface area contributed by atoms with Crippen molar-refractivity contribution in [1.29, 1.82) is 5.26 Å². The van der Waals surface area contributed by atoms with E-state index in [1.807, 2.05) is 12.1 Å². The Morgan fingerprint density at radius 3 is 1.66 bits per heavy atom. The fraction of sp³-hybridized carbons (Fsp3) is 0.100. The van der Waals surface area contributed by atoms with Crippen LogP contribution in [0.4, 0.5) is 0 Å². The maximum atomic E-state index is 9.59. The second kappa shape index (κ2) is 10.00. The molecule has 0 unspecified atom stereocenters. The summed E-state index contributed by atoms with van der Waals surface area (Å²) < 4.78 is 2.36. The first-order chi connectivity index (χ1) is 16.6. The number of halogens is 2. The van der Waals surface area contributed by atoms with E-state index in [4.69, 9.17) is 11.6 Å². The average molecular weight is 562 g/mol. The third kappa shape index (κ3) is 3.82. The number of nitriles is 1. The van der Waals surface area contributed by atoms with Crippen LogP contribution in [0.25, 0.3) is 10.9 Å². The van der Waals surface area contributed by atoms with Crippen LogP contribution in [0.2, 0.25) is 0 Å². The molecule has 5 rings (SSSR count). The summed E-state index contributed by atoms with van der Waals surface area (Å²) in [5, 5.41) is 14.6. The summed E-state index contributed by atoms with van der Waals surface area (Å²) in [5.41, 5.74) is 2.96. The van der Waals surface area contributed by atoms with Crippen LogP contribution < -0.4 is 21.3 Å². The molecule has 2 nitrogen and oxygen atoms in total. The molecule has 0 aliphatic heterocycles. The molecule has 176 valence electrons. The fourth-order valence-corrected chi connectivity index (χ4v) is 11.2. The third-order valence-corrected chi connectivity index (χ3v) is 13.5. The van der Waals surface area contributed by atoms with E-state index in [2.05, 4.69) is 120 Å². The van der Waals surface area contributed by atoms with Gasteiger partial charge in [-0.2, -0.15) is 0 Å². The average Bonchev–Trinajstić information content (AvgIpc) is 3.28. The van der Waals surface area contributed by atoms with Gasteiger partial charge in [-0.3, -0.25) is 0 Å². The number of aromatic nitrogens is 1. The van der Waals surface area contributed by atoms with E-state index in [1.54, 1.807) is 0 Å². The van der Waals surface area contributed by atoms with Crippen LogP contribution in [0.3, 0.4) is 0 Å². The molecule has 1 aromatic heterocycles. The number of hydrogen-bond acceptors (Lipinski definition) is 1. The number of hydrogen-bond donors (Lipinski definition) is 0. The standard InChI is InChI=1S/C30H26ClN2P.BrH/c1-34(26-11-5-2-6-12-26,27-13-7-3-8-14-27,28-15-9-4-10-16-28)30-22-25-18-17-24(23-32)21-29(25)33(30)20-19-31;/h2-18,21-22H,19-20H2,1H3;1H. The van der Waals surface area contributed by atoms with Crippen molar-refractivity contribution in [3.05, 3.63) is 121 Å². The number of benzene rings is 4. The van der Waals surface area contributed by atoms with Gasteiger partial charge in [0.1, 0.15) is 0 Å². The van der Waals surface area contributed by atoms with Gasteiger partial charge < -0.3 is 0 Å². The summed E-state index contributed by atoms with van der Waals surface area (Å²) in [6.45, 7) is -0.0861. The quantitative estimate of drug-likeness (QED) is 0.182. The number of nitrogens with zero attached hydrogens (tertiary/aromatic N) is 2. The van der Waals surface area contributed by atoms with Gasteiger partial charge in [-0.1, -0.05) is 0 Å². The Labute approximate surface area is 222 Å². The van der Waals surface area contributed by atoms with Crippen LogP contribution in [0.15, 0.2) is 115 Å². The molecule has 4 aromatic carbocycles. The zero-order valence-corrected chi connectivity index (χ0v) is 22.9. The number of fused-ring (bicyclic) bond motifs is 1. The van der Waals surface area contributed by atoms with Gasteiger partial charge in [0.15, 0.2) is 0 Å². The van der Waals surface area contributed by atoms with Crippen LogP contribution in [0, 0.1) is 11.3 Å². The molecule has 0 bridgehead atoms. The van der Waals surface area contributed by atoms with Crippen LogP contribution in [0.1, 0.15) is 5.56 Å². The Kier molecular flexibility index (Phi) is 7.20. The number of rotatable bonds is 6. The summed E-state index contributed by atoms with van der Waals surface area (Å²) >= 11 is 6.40. The summed E-state index contributed by atoms with van der Waals surface area (Å²) in [6.07, 6.45) is 0. The summed E-state index contributed by atoms with van der Waals surface area (Å²) in [5.74, 6) is 0.485. The van der Waals surface area contributed by atoms with Crippen LogP contribution >= 0.6 is 35.2 Å². The molecule has 0 spiro atoms. The monoisotopic (exact) mass is 560 g/mol. The second-order valence-electron chi connectivity index (χ2n) is 8.80. The van der Waals surface area contributed by atoms with Gasteiger partial charge in [-0.15, -0.1) is 17.0 Å². The van der Waals surface area contributed by atoms with Crippen LogP contribution in [-0.4, -0.2) is 17.1 Å². The van der Waals surface area contributed by atoms with Gasteiger partial charge in [-0.25, -0.2) is 0 Å². The van der Waals surface area contributed by atoms with E-state index < -0.39 is 6.60 Å². The van der Waals surface area contributed by atoms with Crippen molar-refractivity contribution in [3.63, 3.8) is 0 Å². The van der Waals surface area contributed by atoms with E-state index in [0.717, 1.165) is 10.9 Å². The SMILES string of the molecule is Br.CP(c1ccccc1)(c1ccccc1)(c1ccccc1)c1cc2ccc(C#N)cc2n1CCCl. The van der Waals surface area contributed by atoms with E-state index >= 15 is 0 Å². The Morgan fingerprint density at radius 2 is 1.23 bits per heavy atom. The molecule has 0 N–H and O–H groups in total. The normalized spacial score (nSPS) is 12.3. The summed E-state index contributed by atoms with van der Waals surface area (Å²) in [4.78, 5) is 0. The molecule has 0 amide bonds. The molecular weight excluding hydrogens is 535 g/mol. The molecule has 5 heteroatoms. The Balaban J connectivity index is 0.00000289. The van der Waals surface area contributed by atoms with Gasteiger partial charge in [0.2, 0.25) is 0 Å². The predicted molar refractivity (Wildman–Crippen MR) is 158 cm³/mol. The van der Waals surface area contributed by atoms with E-state index in [-0.39, 0.29) is 17.0 Å². The molecule has 0 radical (unpaired) electrons. The molecule has 0 aliphatic carbocycles. The van der Waals surface area contributed by atoms with Gasteiger partial charge >= 0.3 is 206 Å². The van der Waals surface area contributed by atoms with Gasteiger partial charge in [0.05, 0.1) is 0 Å². The minimum atomic E-state index is -3.20. The van der Waals surface area contributed by atoms with E-state index in [1.165, 1.54) is 21.3 Å². The van der Waals surface area contributed by atoms with Crippen molar-refractivity contribution in [3.8, 4) is 6.07 Å². The van der Waals surface area contributed by atoms with Crippen molar-refractivity contribution in [2.75, 3.05) is 12.5 Å². The predicted octanol–water partition coefficient (Wildman–Crippen LogP) is 6.11. The molecule has 0 atom stereocenters. The van der Waals surface area contributed by atoms with Gasteiger partial charge in [0.25, 0.3) is 0 Å². The van der Waals surface area contributed by atoms with Crippen molar-refractivity contribution in [2.24, 2.45) is 0 Å². The Morgan fingerprint density at radius 1 is 0.743 bits per heavy atom. The van der Waals surface area contributed by atoms with Crippen molar-refractivity contribution >= 4 is 67.4 Å². The molecule has 0 saturated carbocycles. The first-order valence-electron chi connectivity index (χ1n) is 11.4. The molecular formula is C30H27BrClN2P. The summed E-state index contributed by atoms with van der Waals surface area (Å²) in [6, 6.07) is 43.2. The number of alkyl halides is 1. The van der Waals surface area contributed by atoms with Crippen LogP contribution in [-0.2, 0) is 6.54 Å². The molecule has 0 saturated heterocycles. The third-order valence-electron chi connectivity index (χ3n) is 7.10. The molecule has 5 aromatic rings. The maximum absolute atomic E-state index is 9.59. The topological polar surface area (TPSA) is 28.7 Å². The zero-order valence-electron chi connectivity index (χ0n) is 19.5. The first-order valence-corrected chi connectivity index (χ1v) is 14.6. The van der Waals surface area contributed by atoms with Gasteiger partial charge in [-0.05, 0) is 0 Å².